The van der Waals surface area contributed by atoms with E-state index < -0.39 is 0 Å². The molecule has 0 aliphatic rings. The number of benzene rings is 2. The van der Waals surface area contributed by atoms with Crippen LogP contribution in [-0.2, 0) is 0 Å². The van der Waals surface area contributed by atoms with Gasteiger partial charge in [-0.25, -0.2) is 4.39 Å². The van der Waals surface area contributed by atoms with Crippen LogP contribution in [0.4, 0.5) is 4.39 Å². The van der Waals surface area contributed by atoms with Crippen molar-refractivity contribution in [2.24, 2.45) is 0 Å². The van der Waals surface area contributed by atoms with E-state index in [1.54, 1.807) is 12.1 Å². The molecular weight excluding hydrogens is 290 g/mol. The van der Waals surface area contributed by atoms with E-state index >= 15 is 0 Å². The van der Waals surface area contributed by atoms with Gasteiger partial charge in [-0.15, -0.1) is 0 Å². The molecule has 0 bridgehead atoms. The lowest BCUT2D eigenvalue weighted by atomic mass is 10.1. The van der Waals surface area contributed by atoms with Crippen molar-refractivity contribution < 1.29 is 4.39 Å². The second kappa shape index (κ2) is 4.98. The molecule has 1 unspecified atom stereocenters. The van der Waals surface area contributed by atoms with Crippen LogP contribution in [0.2, 0.25) is 5.02 Å². The molecule has 16 heavy (non-hydrogen) atoms. The van der Waals surface area contributed by atoms with Crippen molar-refractivity contribution in [1.82, 2.24) is 0 Å². The summed E-state index contributed by atoms with van der Waals surface area (Å²) in [6.45, 7) is 0. The third-order valence-corrected chi connectivity index (χ3v) is 3.60. The van der Waals surface area contributed by atoms with Crippen LogP contribution in [0.15, 0.2) is 48.5 Å². The average Bonchev–Trinajstić information content (AvgIpc) is 2.29. The van der Waals surface area contributed by atoms with Gasteiger partial charge in [0.05, 0.1) is 4.83 Å². The molecular formula is C13H9BrClF. The highest BCUT2D eigenvalue weighted by Crippen LogP contribution is 2.31. The molecule has 0 nitrogen and oxygen atoms in total. The van der Waals surface area contributed by atoms with E-state index in [0.717, 1.165) is 11.1 Å². The highest BCUT2D eigenvalue weighted by molar-refractivity contribution is 9.09. The highest BCUT2D eigenvalue weighted by Gasteiger charge is 2.10. The van der Waals surface area contributed by atoms with Crippen molar-refractivity contribution in [3.63, 3.8) is 0 Å². The summed E-state index contributed by atoms with van der Waals surface area (Å²) in [5, 5.41) is 0.698. The Bertz CT molecular complexity index is 482. The molecule has 0 spiro atoms. The van der Waals surface area contributed by atoms with Crippen LogP contribution < -0.4 is 0 Å². The smallest absolute Gasteiger partial charge is 0.123 e. The van der Waals surface area contributed by atoms with E-state index in [1.807, 2.05) is 24.3 Å². The number of hydrogen-bond donors (Lipinski definition) is 0. The molecule has 0 heterocycles. The molecule has 0 saturated heterocycles. The van der Waals surface area contributed by atoms with Crippen LogP contribution in [0.3, 0.4) is 0 Å². The van der Waals surface area contributed by atoms with Gasteiger partial charge in [-0.1, -0.05) is 51.8 Å². The summed E-state index contributed by atoms with van der Waals surface area (Å²) < 4.78 is 12.8. The van der Waals surface area contributed by atoms with E-state index in [2.05, 4.69) is 15.9 Å². The fourth-order valence-corrected chi connectivity index (χ4v) is 2.28. The lowest BCUT2D eigenvalue weighted by Gasteiger charge is -2.10. The van der Waals surface area contributed by atoms with Crippen molar-refractivity contribution in [2.75, 3.05) is 0 Å². The normalized spacial score (nSPS) is 12.4. The first-order valence-electron chi connectivity index (χ1n) is 4.82. The van der Waals surface area contributed by atoms with Gasteiger partial charge in [0, 0.05) is 5.02 Å². The largest absolute Gasteiger partial charge is 0.207 e. The number of rotatable bonds is 2. The summed E-state index contributed by atoms with van der Waals surface area (Å²) in [7, 11) is 0. The molecule has 0 N–H and O–H groups in total. The van der Waals surface area contributed by atoms with E-state index in [1.165, 1.54) is 12.1 Å². The Balaban J connectivity index is 2.31. The van der Waals surface area contributed by atoms with Gasteiger partial charge in [0.15, 0.2) is 0 Å². The predicted octanol–water partition coefficient (Wildman–Crippen LogP) is 4.96. The van der Waals surface area contributed by atoms with Gasteiger partial charge in [-0.05, 0) is 35.4 Å². The molecule has 2 aromatic carbocycles. The molecule has 0 radical (unpaired) electrons. The highest BCUT2D eigenvalue weighted by atomic mass is 79.9. The maximum Gasteiger partial charge on any atom is 0.123 e. The third kappa shape index (κ3) is 2.63. The van der Waals surface area contributed by atoms with E-state index in [-0.39, 0.29) is 10.6 Å². The van der Waals surface area contributed by atoms with Gasteiger partial charge in [0.1, 0.15) is 5.82 Å². The second-order valence-corrected chi connectivity index (χ2v) is 4.82. The maximum absolute atomic E-state index is 12.8. The summed E-state index contributed by atoms with van der Waals surface area (Å²) in [6.07, 6.45) is 0. The molecule has 2 aromatic rings. The van der Waals surface area contributed by atoms with Gasteiger partial charge >= 0.3 is 0 Å². The first-order valence-corrected chi connectivity index (χ1v) is 6.11. The zero-order valence-corrected chi connectivity index (χ0v) is 10.7. The van der Waals surface area contributed by atoms with Crippen molar-refractivity contribution in [1.29, 1.82) is 0 Å². The minimum atomic E-state index is -0.227. The molecule has 0 fully saturated rings. The van der Waals surface area contributed by atoms with Crippen molar-refractivity contribution in [2.45, 2.75) is 4.83 Å². The lowest BCUT2D eigenvalue weighted by Crippen LogP contribution is -1.92. The summed E-state index contributed by atoms with van der Waals surface area (Å²) in [5.41, 5.74) is 2.06. The Kier molecular flexibility index (Phi) is 3.62. The zero-order valence-electron chi connectivity index (χ0n) is 8.33. The van der Waals surface area contributed by atoms with E-state index in [0.29, 0.717) is 5.02 Å². The number of hydrogen-bond acceptors (Lipinski definition) is 0. The quantitative estimate of drug-likeness (QED) is 0.687. The van der Waals surface area contributed by atoms with Gasteiger partial charge in [-0.2, -0.15) is 0 Å². The maximum atomic E-state index is 12.8. The van der Waals surface area contributed by atoms with Crippen molar-refractivity contribution in [3.8, 4) is 0 Å². The van der Waals surface area contributed by atoms with Gasteiger partial charge < -0.3 is 0 Å². The van der Waals surface area contributed by atoms with Crippen molar-refractivity contribution >= 4 is 27.5 Å². The third-order valence-electron chi connectivity index (χ3n) is 2.30. The Hall–Kier alpha value is -0.860. The average molecular weight is 300 g/mol. The van der Waals surface area contributed by atoms with Crippen LogP contribution in [0.5, 0.6) is 0 Å². The van der Waals surface area contributed by atoms with Crippen LogP contribution in [0.1, 0.15) is 16.0 Å². The molecule has 0 aromatic heterocycles. The number of halogens is 3. The monoisotopic (exact) mass is 298 g/mol. The molecule has 82 valence electrons. The standard InChI is InChI=1S/C13H9BrClF/c14-13(9-4-6-12(16)7-5-9)10-2-1-3-11(15)8-10/h1-8,13H. The van der Waals surface area contributed by atoms with Gasteiger partial charge in [0.25, 0.3) is 0 Å². The minimum absolute atomic E-state index is 0.0341. The molecule has 0 aliphatic carbocycles. The molecule has 0 saturated carbocycles. The Morgan fingerprint density at radius 3 is 2.31 bits per heavy atom. The summed E-state index contributed by atoms with van der Waals surface area (Å²) in [4.78, 5) is 0.0341. The van der Waals surface area contributed by atoms with Gasteiger partial charge in [0.2, 0.25) is 0 Å². The fraction of sp³-hybridized carbons (Fsp3) is 0.0769. The Morgan fingerprint density at radius 1 is 1.00 bits per heavy atom. The van der Waals surface area contributed by atoms with Crippen LogP contribution >= 0.6 is 27.5 Å². The summed E-state index contributed by atoms with van der Waals surface area (Å²) in [6, 6.07) is 14.0. The molecule has 3 heteroatoms. The molecule has 0 aliphatic heterocycles. The topological polar surface area (TPSA) is 0 Å². The number of alkyl halides is 1. The minimum Gasteiger partial charge on any atom is -0.207 e. The molecule has 0 amide bonds. The molecule has 2 rings (SSSR count). The van der Waals surface area contributed by atoms with E-state index in [4.69, 9.17) is 11.6 Å². The Morgan fingerprint density at radius 2 is 1.69 bits per heavy atom. The van der Waals surface area contributed by atoms with Gasteiger partial charge in [-0.3, -0.25) is 0 Å². The van der Waals surface area contributed by atoms with Crippen LogP contribution in [0.25, 0.3) is 0 Å². The first-order chi connectivity index (χ1) is 7.66. The predicted molar refractivity (Wildman–Crippen MR) is 68.6 cm³/mol. The van der Waals surface area contributed by atoms with E-state index in [9.17, 15) is 4.39 Å². The second-order valence-electron chi connectivity index (χ2n) is 3.47. The fourth-order valence-electron chi connectivity index (χ4n) is 1.49. The Labute approximate surface area is 107 Å². The lowest BCUT2D eigenvalue weighted by molar-refractivity contribution is 0.627. The van der Waals surface area contributed by atoms with Crippen molar-refractivity contribution in [3.05, 3.63) is 70.5 Å². The SMILES string of the molecule is Fc1ccc(C(Br)c2cccc(Cl)c2)cc1. The van der Waals surface area contributed by atoms with Crippen LogP contribution in [0, 0.1) is 5.82 Å². The zero-order chi connectivity index (χ0) is 11.5. The molecule has 1 atom stereocenters. The van der Waals surface area contributed by atoms with Crippen LogP contribution in [-0.4, -0.2) is 0 Å². The first kappa shape index (κ1) is 11.6. The summed E-state index contributed by atoms with van der Waals surface area (Å²) >= 11 is 9.49. The summed E-state index contributed by atoms with van der Waals surface area (Å²) in [5.74, 6) is -0.227.